The first-order chi connectivity index (χ1) is 19.9. The van der Waals surface area contributed by atoms with Gasteiger partial charge in [0, 0.05) is 30.1 Å². The summed E-state index contributed by atoms with van der Waals surface area (Å²) < 4.78 is 34.1. The fraction of sp³-hybridized carbons (Fsp3) is 0.345. The van der Waals surface area contributed by atoms with E-state index in [0.29, 0.717) is 47.3 Å². The summed E-state index contributed by atoms with van der Waals surface area (Å²) in [5, 5.41) is 3.86. The van der Waals surface area contributed by atoms with Crippen molar-refractivity contribution in [2.75, 3.05) is 22.9 Å². The maximum absolute atomic E-state index is 14.8. The van der Waals surface area contributed by atoms with Crippen LogP contribution in [0.3, 0.4) is 0 Å². The summed E-state index contributed by atoms with van der Waals surface area (Å²) in [6.45, 7) is 6.54. The number of halogens is 4. The number of hydrogen-bond donors (Lipinski definition) is 1. The van der Waals surface area contributed by atoms with Gasteiger partial charge in [-0.25, -0.2) is 23.4 Å². The highest BCUT2D eigenvalue weighted by Crippen LogP contribution is 2.47. The maximum Gasteiger partial charge on any atom is 0.410 e. The Morgan fingerprint density at radius 2 is 1.81 bits per heavy atom. The highest BCUT2D eigenvalue weighted by molar-refractivity contribution is 7.99. The highest BCUT2D eigenvalue weighted by Gasteiger charge is 2.47. The Balaban J connectivity index is 1.42. The lowest BCUT2D eigenvalue weighted by Crippen LogP contribution is -2.50. The fourth-order valence-electron chi connectivity index (χ4n) is 5.56. The Labute approximate surface area is 255 Å². The summed E-state index contributed by atoms with van der Waals surface area (Å²) in [4.78, 5) is 36.5. The first kappa shape index (κ1) is 28.8. The molecule has 1 aromatic heterocycles. The second kappa shape index (κ2) is 10.8. The normalized spacial score (nSPS) is 19.7. The van der Waals surface area contributed by atoms with Crippen LogP contribution in [0.5, 0.6) is 0 Å². The molecule has 3 aliphatic heterocycles. The zero-order chi connectivity index (χ0) is 29.9. The van der Waals surface area contributed by atoms with Crippen LogP contribution in [0.15, 0.2) is 52.4 Å². The van der Waals surface area contributed by atoms with Crippen LogP contribution in [0.4, 0.5) is 35.4 Å². The maximum atomic E-state index is 14.8. The molecule has 0 saturated carbocycles. The topological polar surface area (TPSA) is 78.0 Å². The Bertz CT molecular complexity index is 1580. The molecule has 8 nitrogen and oxygen atoms in total. The third kappa shape index (κ3) is 5.33. The van der Waals surface area contributed by atoms with Gasteiger partial charge in [-0.05, 0) is 57.5 Å². The largest absolute Gasteiger partial charge is 0.444 e. The summed E-state index contributed by atoms with van der Waals surface area (Å²) in [5.74, 6) is -1.38. The number of carbonyl (C=O) groups is 2. The van der Waals surface area contributed by atoms with Crippen LogP contribution in [0.2, 0.25) is 10.0 Å². The summed E-state index contributed by atoms with van der Waals surface area (Å²) in [7, 11) is 0. The molecule has 3 amide bonds. The highest BCUT2D eigenvalue weighted by atomic mass is 35.5. The van der Waals surface area contributed by atoms with E-state index in [1.807, 2.05) is 26.8 Å². The number of anilines is 3. The van der Waals surface area contributed by atoms with Crippen molar-refractivity contribution in [1.82, 2.24) is 15.2 Å². The van der Waals surface area contributed by atoms with Crippen LogP contribution in [-0.4, -0.2) is 52.8 Å². The number of carbonyl (C=O) groups excluding carboxylic acids is 2. The number of amides is 3. The number of benzene rings is 2. The number of aromatic nitrogens is 1. The van der Waals surface area contributed by atoms with Gasteiger partial charge in [0.25, 0.3) is 0 Å². The molecule has 2 bridgehead atoms. The van der Waals surface area contributed by atoms with Crippen molar-refractivity contribution in [2.24, 2.45) is 0 Å². The summed E-state index contributed by atoms with van der Waals surface area (Å²) >= 11 is 14.1. The van der Waals surface area contributed by atoms with Gasteiger partial charge >= 0.3 is 12.1 Å². The molecule has 1 N–H and O–H groups in total. The van der Waals surface area contributed by atoms with Crippen LogP contribution in [0.25, 0.3) is 0 Å². The second-order valence-electron chi connectivity index (χ2n) is 11.3. The number of rotatable bonds is 4. The number of urea groups is 1. The van der Waals surface area contributed by atoms with Crippen molar-refractivity contribution in [3.63, 3.8) is 0 Å². The molecule has 0 radical (unpaired) electrons. The van der Waals surface area contributed by atoms with Crippen molar-refractivity contribution in [1.29, 1.82) is 0 Å². The molecule has 0 spiro atoms. The number of fused-ring (bicyclic) bond motifs is 3. The number of nitrogens with zero attached hydrogens (tertiary/aromatic N) is 4. The van der Waals surface area contributed by atoms with E-state index in [1.54, 1.807) is 23.1 Å². The molecule has 13 heteroatoms. The molecular weight excluding hydrogens is 607 g/mol. The minimum atomic E-state index is -0.706. The van der Waals surface area contributed by atoms with E-state index in [4.69, 9.17) is 32.9 Å². The minimum absolute atomic E-state index is 0.0606. The summed E-state index contributed by atoms with van der Waals surface area (Å²) in [5.41, 5.74) is 1.37. The van der Waals surface area contributed by atoms with Crippen molar-refractivity contribution < 1.29 is 23.1 Å². The van der Waals surface area contributed by atoms with Gasteiger partial charge in [0.1, 0.15) is 22.3 Å². The number of ether oxygens (including phenoxy) is 1. The third-order valence-corrected chi connectivity index (χ3v) is 8.97. The smallest absolute Gasteiger partial charge is 0.410 e. The lowest BCUT2D eigenvalue weighted by Gasteiger charge is -2.38. The monoisotopic (exact) mass is 633 g/mol. The van der Waals surface area contributed by atoms with Crippen molar-refractivity contribution >= 4 is 64.2 Å². The van der Waals surface area contributed by atoms with Crippen LogP contribution in [0, 0.1) is 11.6 Å². The van der Waals surface area contributed by atoms with E-state index in [9.17, 15) is 18.4 Å². The predicted octanol–water partition coefficient (Wildman–Crippen LogP) is 7.38. The zero-order valence-corrected chi connectivity index (χ0v) is 25.3. The molecule has 2 unspecified atom stereocenters. The SMILES string of the molecule is CC(C)(C)OC(=O)N1CC2CC1CN2c1cc2c(nc1Sc1ccc(F)cc1F)CNC(=O)N2c1c(Cl)cccc1Cl. The van der Waals surface area contributed by atoms with E-state index < -0.39 is 23.3 Å². The molecule has 42 heavy (non-hydrogen) atoms. The molecule has 4 heterocycles. The molecule has 2 atom stereocenters. The number of piperazine rings is 1. The second-order valence-corrected chi connectivity index (χ2v) is 13.2. The molecule has 3 aliphatic rings. The summed E-state index contributed by atoms with van der Waals surface area (Å²) in [6.07, 6.45) is 0.351. The van der Waals surface area contributed by atoms with Gasteiger partial charge in [-0.2, -0.15) is 0 Å². The van der Waals surface area contributed by atoms with E-state index in [0.717, 1.165) is 17.8 Å². The molecule has 2 aromatic carbocycles. The van der Waals surface area contributed by atoms with E-state index in [1.165, 1.54) is 17.0 Å². The number of nitrogens with one attached hydrogen (secondary N) is 1. The number of para-hydroxylation sites is 1. The van der Waals surface area contributed by atoms with Gasteiger partial charge in [-0.15, -0.1) is 0 Å². The standard InChI is InChI=1S/C29H27Cl2F2N5O3S/c1-29(2,3)41-28(40)37-14-16-10-17(37)13-36(16)23-11-22-21(35-26(23)42-24-8-7-15(32)9-20(24)33)12-34-27(39)38(22)25-18(30)5-4-6-19(25)31/h4-9,11,16-17H,10,12-14H2,1-3H3,(H,34,39). The van der Waals surface area contributed by atoms with Gasteiger partial charge in [-0.3, -0.25) is 4.90 Å². The number of pyridine rings is 1. The van der Waals surface area contributed by atoms with Crippen molar-refractivity contribution in [2.45, 2.75) is 61.3 Å². The first-order valence-electron chi connectivity index (χ1n) is 13.3. The van der Waals surface area contributed by atoms with Gasteiger partial charge in [0.2, 0.25) is 0 Å². The number of likely N-dealkylation sites (tertiary alicyclic amines) is 1. The number of hydrogen-bond acceptors (Lipinski definition) is 6. The summed E-state index contributed by atoms with van der Waals surface area (Å²) in [6, 6.07) is 9.63. The Kier molecular flexibility index (Phi) is 7.39. The van der Waals surface area contributed by atoms with Crippen LogP contribution in [0.1, 0.15) is 32.9 Å². The fourth-order valence-corrected chi connectivity index (χ4v) is 7.06. The van der Waals surface area contributed by atoms with Gasteiger partial charge < -0.3 is 19.9 Å². The average molecular weight is 635 g/mol. The van der Waals surface area contributed by atoms with Gasteiger partial charge in [0.15, 0.2) is 0 Å². The molecule has 6 rings (SSSR count). The third-order valence-electron chi connectivity index (χ3n) is 7.32. The quantitative estimate of drug-likeness (QED) is 0.323. The Morgan fingerprint density at radius 3 is 2.45 bits per heavy atom. The zero-order valence-electron chi connectivity index (χ0n) is 23.0. The van der Waals surface area contributed by atoms with E-state index >= 15 is 0 Å². The van der Waals surface area contributed by atoms with Crippen LogP contribution >= 0.6 is 35.0 Å². The first-order valence-corrected chi connectivity index (χ1v) is 14.9. The predicted molar refractivity (Wildman–Crippen MR) is 158 cm³/mol. The van der Waals surface area contributed by atoms with Crippen molar-refractivity contribution in [3.8, 4) is 0 Å². The van der Waals surface area contributed by atoms with E-state index in [2.05, 4.69) is 10.2 Å². The molecule has 3 aromatic rings. The van der Waals surface area contributed by atoms with Crippen LogP contribution < -0.4 is 15.1 Å². The van der Waals surface area contributed by atoms with Gasteiger partial charge in [-0.1, -0.05) is 41.0 Å². The molecule has 2 saturated heterocycles. The van der Waals surface area contributed by atoms with E-state index in [-0.39, 0.29) is 39.7 Å². The molecule has 2 fully saturated rings. The molecule has 220 valence electrons. The lowest BCUT2D eigenvalue weighted by atomic mass is 10.1. The molecule has 0 aliphatic carbocycles. The minimum Gasteiger partial charge on any atom is -0.444 e. The van der Waals surface area contributed by atoms with Crippen molar-refractivity contribution in [3.05, 3.63) is 69.8 Å². The Hall–Kier alpha value is -3.28. The van der Waals surface area contributed by atoms with Gasteiger partial charge in [0.05, 0.1) is 45.4 Å². The Morgan fingerprint density at radius 1 is 1.07 bits per heavy atom. The van der Waals surface area contributed by atoms with Crippen LogP contribution in [-0.2, 0) is 11.3 Å². The lowest BCUT2D eigenvalue weighted by molar-refractivity contribution is 0.0214. The molecular formula is C29H27Cl2F2N5O3S. The average Bonchev–Trinajstić information content (AvgIpc) is 3.52.